The highest BCUT2D eigenvalue weighted by Gasteiger charge is 2.26. The van der Waals surface area contributed by atoms with E-state index in [1.54, 1.807) is 12.3 Å². The second-order valence-corrected chi connectivity index (χ2v) is 6.10. The van der Waals surface area contributed by atoms with Crippen LogP contribution in [0.4, 0.5) is 4.79 Å². The molecule has 126 valence electrons. The number of carbonyl (C=O) groups excluding carboxylic acids is 2. The van der Waals surface area contributed by atoms with Crippen LogP contribution in [-0.2, 0) is 11.3 Å². The summed E-state index contributed by atoms with van der Waals surface area (Å²) in [7, 11) is 0. The molecular formula is C15H17N5O3S. The number of aromatic nitrogens is 3. The first kappa shape index (κ1) is 16.3. The molecule has 1 aliphatic heterocycles. The highest BCUT2D eigenvalue weighted by Crippen LogP contribution is 2.27. The van der Waals surface area contributed by atoms with Gasteiger partial charge in [-0.25, -0.2) is 4.79 Å². The van der Waals surface area contributed by atoms with E-state index in [4.69, 9.17) is 4.42 Å². The molecule has 0 aromatic carbocycles. The van der Waals surface area contributed by atoms with Gasteiger partial charge in [0.25, 0.3) is 0 Å². The standard InChI is InChI=1S/C15H17N5O3S/c1-3-6-20-13(11-4-8-23-10(11)2)17-18-15(20)24-9-12(21)19-7-5-16-14(19)22/h3-4,8H,1,5-7,9H2,2H3,(H,16,22). The van der Waals surface area contributed by atoms with Crippen molar-refractivity contribution in [2.24, 2.45) is 0 Å². The fourth-order valence-electron chi connectivity index (χ4n) is 2.42. The van der Waals surface area contributed by atoms with Crippen molar-refractivity contribution >= 4 is 23.7 Å². The normalized spacial score (nSPS) is 14.0. The lowest BCUT2D eigenvalue weighted by Crippen LogP contribution is -2.35. The van der Waals surface area contributed by atoms with Crippen molar-refractivity contribution in [3.05, 3.63) is 30.7 Å². The van der Waals surface area contributed by atoms with E-state index >= 15 is 0 Å². The molecule has 3 heterocycles. The highest BCUT2D eigenvalue weighted by molar-refractivity contribution is 7.99. The number of nitrogens with zero attached hydrogens (tertiary/aromatic N) is 4. The Labute approximate surface area is 142 Å². The third-order valence-corrected chi connectivity index (χ3v) is 4.56. The lowest BCUT2D eigenvalue weighted by atomic mass is 10.2. The van der Waals surface area contributed by atoms with E-state index in [0.717, 1.165) is 11.3 Å². The maximum absolute atomic E-state index is 12.1. The number of aryl methyl sites for hydroxylation is 1. The molecule has 3 amide bonds. The third-order valence-electron chi connectivity index (χ3n) is 3.61. The van der Waals surface area contributed by atoms with E-state index in [1.165, 1.54) is 16.7 Å². The number of amides is 3. The summed E-state index contributed by atoms with van der Waals surface area (Å²) in [5.41, 5.74) is 0.849. The van der Waals surface area contributed by atoms with Crippen molar-refractivity contribution in [3.63, 3.8) is 0 Å². The molecule has 1 fully saturated rings. The van der Waals surface area contributed by atoms with Crippen LogP contribution in [0.25, 0.3) is 11.4 Å². The molecule has 1 saturated heterocycles. The molecule has 0 bridgehead atoms. The van der Waals surface area contributed by atoms with E-state index < -0.39 is 0 Å². The maximum atomic E-state index is 12.1. The van der Waals surface area contributed by atoms with Gasteiger partial charge in [0.05, 0.1) is 17.6 Å². The molecule has 0 unspecified atom stereocenters. The zero-order valence-electron chi connectivity index (χ0n) is 13.2. The van der Waals surface area contributed by atoms with Crippen LogP contribution in [-0.4, -0.2) is 50.4 Å². The largest absolute Gasteiger partial charge is 0.469 e. The summed E-state index contributed by atoms with van der Waals surface area (Å²) in [6, 6.07) is 1.48. The summed E-state index contributed by atoms with van der Waals surface area (Å²) in [6.07, 6.45) is 3.34. The topological polar surface area (TPSA) is 93.3 Å². The molecule has 0 aliphatic carbocycles. The maximum Gasteiger partial charge on any atom is 0.324 e. The zero-order chi connectivity index (χ0) is 17.1. The van der Waals surface area contributed by atoms with Crippen LogP contribution in [0.2, 0.25) is 0 Å². The van der Waals surface area contributed by atoms with Crippen LogP contribution in [0.15, 0.2) is 34.6 Å². The average molecular weight is 347 g/mol. The number of rotatable bonds is 6. The number of thioether (sulfide) groups is 1. The number of urea groups is 1. The molecule has 0 saturated carbocycles. The molecule has 2 aromatic rings. The number of nitrogens with one attached hydrogen (secondary N) is 1. The van der Waals surface area contributed by atoms with Crippen molar-refractivity contribution in [1.82, 2.24) is 25.0 Å². The Morgan fingerprint density at radius 3 is 3.00 bits per heavy atom. The molecule has 8 nitrogen and oxygen atoms in total. The Hall–Kier alpha value is -2.55. The quantitative estimate of drug-likeness (QED) is 0.631. The predicted molar refractivity (Wildman–Crippen MR) is 88.5 cm³/mol. The van der Waals surface area contributed by atoms with Crippen LogP contribution >= 0.6 is 11.8 Å². The van der Waals surface area contributed by atoms with Gasteiger partial charge in [0.2, 0.25) is 5.91 Å². The number of imide groups is 1. The van der Waals surface area contributed by atoms with Crippen molar-refractivity contribution in [2.45, 2.75) is 18.6 Å². The summed E-state index contributed by atoms with van der Waals surface area (Å²) in [6.45, 7) is 7.00. The Morgan fingerprint density at radius 2 is 2.38 bits per heavy atom. The van der Waals surface area contributed by atoms with Crippen molar-refractivity contribution in [1.29, 1.82) is 0 Å². The number of allylic oxidation sites excluding steroid dienone is 1. The molecular weight excluding hydrogens is 330 g/mol. The summed E-state index contributed by atoms with van der Waals surface area (Å²) in [5, 5.41) is 11.6. The molecule has 3 rings (SSSR count). The van der Waals surface area contributed by atoms with Gasteiger partial charge < -0.3 is 9.73 Å². The SMILES string of the molecule is C=CCn1c(SCC(=O)N2CCNC2=O)nnc1-c1ccoc1C. The van der Waals surface area contributed by atoms with E-state index in [0.29, 0.717) is 30.6 Å². The van der Waals surface area contributed by atoms with Crippen molar-refractivity contribution in [3.8, 4) is 11.4 Å². The number of furan rings is 1. The minimum Gasteiger partial charge on any atom is -0.469 e. The first-order valence-electron chi connectivity index (χ1n) is 7.41. The zero-order valence-corrected chi connectivity index (χ0v) is 14.0. The lowest BCUT2D eigenvalue weighted by molar-refractivity contribution is -0.124. The predicted octanol–water partition coefficient (Wildman–Crippen LogP) is 1.68. The molecule has 24 heavy (non-hydrogen) atoms. The second-order valence-electron chi connectivity index (χ2n) is 5.16. The van der Waals surface area contributed by atoms with Crippen LogP contribution in [0, 0.1) is 6.92 Å². The monoisotopic (exact) mass is 347 g/mol. The summed E-state index contributed by atoms with van der Waals surface area (Å²) in [4.78, 5) is 24.9. The Bertz CT molecular complexity index is 782. The third kappa shape index (κ3) is 3.07. The van der Waals surface area contributed by atoms with Crippen LogP contribution < -0.4 is 5.32 Å². The van der Waals surface area contributed by atoms with Gasteiger partial charge in [0.1, 0.15) is 5.76 Å². The van der Waals surface area contributed by atoms with Gasteiger partial charge in [-0.05, 0) is 13.0 Å². The molecule has 0 radical (unpaired) electrons. The minimum absolute atomic E-state index is 0.118. The van der Waals surface area contributed by atoms with Crippen LogP contribution in [0.3, 0.4) is 0 Å². The van der Waals surface area contributed by atoms with Gasteiger partial charge in [-0.1, -0.05) is 17.8 Å². The fourth-order valence-corrected chi connectivity index (χ4v) is 3.24. The average Bonchev–Trinajstić information content (AvgIpc) is 3.26. The molecule has 9 heteroatoms. The van der Waals surface area contributed by atoms with Gasteiger partial charge in [0.15, 0.2) is 11.0 Å². The van der Waals surface area contributed by atoms with E-state index in [9.17, 15) is 9.59 Å². The Balaban J connectivity index is 1.77. The van der Waals surface area contributed by atoms with Gasteiger partial charge in [0, 0.05) is 19.6 Å². The Morgan fingerprint density at radius 1 is 1.54 bits per heavy atom. The first-order valence-corrected chi connectivity index (χ1v) is 8.40. The van der Waals surface area contributed by atoms with E-state index in [-0.39, 0.29) is 17.7 Å². The molecule has 1 aliphatic rings. The Kier molecular flexibility index (Phi) is 4.70. The molecule has 2 aromatic heterocycles. The van der Waals surface area contributed by atoms with Gasteiger partial charge in [-0.15, -0.1) is 16.8 Å². The van der Waals surface area contributed by atoms with Gasteiger partial charge in [-0.2, -0.15) is 0 Å². The fraction of sp³-hybridized carbons (Fsp3) is 0.333. The van der Waals surface area contributed by atoms with E-state index in [2.05, 4.69) is 22.1 Å². The number of hydrogen-bond donors (Lipinski definition) is 1. The van der Waals surface area contributed by atoms with Crippen molar-refractivity contribution in [2.75, 3.05) is 18.8 Å². The first-order chi connectivity index (χ1) is 11.6. The van der Waals surface area contributed by atoms with Crippen LogP contribution in [0.5, 0.6) is 0 Å². The molecule has 0 atom stereocenters. The van der Waals surface area contributed by atoms with Gasteiger partial charge >= 0.3 is 6.03 Å². The second kappa shape index (κ2) is 6.91. The van der Waals surface area contributed by atoms with E-state index in [1.807, 2.05) is 17.6 Å². The van der Waals surface area contributed by atoms with Gasteiger partial charge in [-0.3, -0.25) is 14.3 Å². The minimum atomic E-state index is -0.345. The number of carbonyl (C=O) groups is 2. The summed E-state index contributed by atoms with van der Waals surface area (Å²) in [5.74, 6) is 1.28. The molecule has 0 spiro atoms. The number of hydrogen-bond acceptors (Lipinski definition) is 6. The van der Waals surface area contributed by atoms with Crippen LogP contribution in [0.1, 0.15) is 5.76 Å². The molecule has 1 N–H and O–H groups in total. The lowest BCUT2D eigenvalue weighted by Gasteiger charge is -2.12. The summed E-state index contributed by atoms with van der Waals surface area (Å²) < 4.78 is 7.19. The summed E-state index contributed by atoms with van der Waals surface area (Å²) >= 11 is 1.25. The highest BCUT2D eigenvalue weighted by atomic mass is 32.2. The van der Waals surface area contributed by atoms with Crippen molar-refractivity contribution < 1.29 is 14.0 Å². The smallest absolute Gasteiger partial charge is 0.324 e.